The molecule has 1 aromatic carbocycles. The zero-order chi connectivity index (χ0) is 12.2. The van der Waals surface area contributed by atoms with Crippen molar-refractivity contribution in [2.24, 2.45) is 4.99 Å². The Labute approximate surface area is 109 Å². The lowest BCUT2D eigenvalue weighted by Gasteiger charge is -2.24. The lowest BCUT2D eigenvalue weighted by molar-refractivity contribution is 0.410. The van der Waals surface area contributed by atoms with Crippen molar-refractivity contribution in [3.05, 3.63) is 35.4 Å². The van der Waals surface area contributed by atoms with Crippen LogP contribution in [0.3, 0.4) is 0 Å². The number of rotatable bonds is 1. The van der Waals surface area contributed by atoms with Crippen LogP contribution in [0.4, 0.5) is 0 Å². The Balaban J connectivity index is 1.64. The molecular weight excluding hydrogens is 222 g/mol. The van der Waals surface area contributed by atoms with Gasteiger partial charge in [0.2, 0.25) is 0 Å². The molecule has 0 spiro atoms. The van der Waals surface area contributed by atoms with Crippen molar-refractivity contribution < 1.29 is 0 Å². The molecule has 1 aromatic rings. The molecule has 1 heterocycles. The van der Waals surface area contributed by atoms with Gasteiger partial charge in [-0.1, -0.05) is 43.5 Å². The summed E-state index contributed by atoms with van der Waals surface area (Å²) in [5, 5.41) is 7.00. The van der Waals surface area contributed by atoms with Crippen molar-refractivity contribution >= 4 is 5.96 Å². The third-order valence-electron chi connectivity index (χ3n) is 3.92. The van der Waals surface area contributed by atoms with Crippen LogP contribution >= 0.6 is 0 Å². The first-order chi connectivity index (χ1) is 8.92. The second kappa shape index (κ2) is 5.42. The summed E-state index contributed by atoms with van der Waals surface area (Å²) in [5.74, 6) is 0.984. The fraction of sp³-hybridized carbons (Fsp3) is 0.533. The Morgan fingerprint density at radius 3 is 2.67 bits per heavy atom. The number of benzene rings is 1. The highest BCUT2D eigenvalue weighted by atomic mass is 15.2. The molecule has 0 aromatic heterocycles. The molecule has 0 bridgehead atoms. The fourth-order valence-corrected chi connectivity index (χ4v) is 2.82. The maximum Gasteiger partial charge on any atom is 0.192 e. The summed E-state index contributed by atoms with van der Waals surface area (Å²) in [7, 11) is 0. The van der Waals surface area contributed by atoms with Crippen LogP contribution in [0.1, 0.15) is 43.2 Å². The molecule has 96 valence electrons. The van der Waals surface area contributed by atoms with Crippen LogP contribution in [0.2, 0.25) is 0 Å². The van der Waals surface area contributed by atoms with E-state index in [9.17, 15) is 0 Å². The summed E-state index contributed by atoms with van der Waals surface area (Å²) in [6.07, 6.45) is 6.67. The Morgan fingerprint density at radius 1 is 1.06 bits per heavy atom. The van der Waals surface area contributed by atoms with Gasteiger partial charge in [0.25, 0.3) is 0 Å². The number of guanidine groups is 1. The fourth-order valence-electron chi connectivity index (χ4n) is 2.82. The summed E-state index contributed by atoms with van der Waals surface area (Å²) in [5.41, 5.74) is 2.70. The second-order valence-electron chi connectivity index (χ2n) is 5.27. The largest absolute Gasteiger partial charge is 0.354 e. The molecule has 3 rings (SSSR count). The number of hydrogen-bond donors (Lipinski definition) is 2. The van der Waals surface area contributed by atoms with Crippen LogP contribution in [0.15, 0.2) is 29.3 Å². The van der Waals surface area contributed by atoms with E-state index in [0.29, 0.717) is 6.04 Å². The van der Waals surface area contributed by atoms with Gasteiger partial charge >= 0.3 is 0 Å². The molecule has 1 fully saturated rings. The molecule has 0 radical (unpaired) electrons. The number of hydrogen-bond acceptors (Lipinski definition) is 3. The molecule has 18 heavy (non-hydrogen) atoms. The molecule has 1 saturated carbocycles. The molecule has 1 aliphatic heterocycles. The minimum absolute atomic E-state index is 0.617. The second-order valence-corrected chi connectivity index (χ2v) is 5.27. The van der Waals surface area contributed by atoms with Crippen LogP contribution in [-0.4, -0.2) is 12.0 Å². The monoisotopic (exact) mass is 243 g/mol. The topological polar surface area (TPSA) is 36.4 Å². The van der Waals surface area contributed by atoms with Gasteiger partial charge in [-0.2, -0.15) is 0 Å². The van der Waals surface area contributed by atoms with Crippen molar-refractivity contribution in [1.29, 1.82) is 0 Å². The first kappa shape index (κ1) is 11.6. The van der Waals surface area contributed by atoms with Gasteiger partial charge in [0, 0.05) is 12.6 Å². The van der Waals surface area contributed by atoms with Crippen LogP contribution in [0.5, 0.6) is 0 Å². The van der Waals surface area contributed by atoms with Gasteiger partial charge in [-0.05, 0) is 24.0 Å². The quantitative estimate of drug-likeness (QED) is 0.795. The van der Waals surface area contributed by atoms with Crippen LogP contribution in [-0.2, 0) is 13.1 Å². The minimum atomic E-state index is 0.617. The van der Waals surface area contributed by atoms with E-state index in [0.717, 1.165) is 19.0 Å². The Hall–Kier alpha value is -1.51. The average molecular weight is 243 g/mol. The van der Waals surface area contributed by atoms with Gasteiger partial charge in [0.1, 0.15) is 0 Å². The SMILES string of the molecule is c1ccc2c(c1)CN=C(NC1CCCCC1)NC2. The smallest absolute Gasteiger partial charge is 0.192 e. The first-order valence-corrected chi connectivity index (χ1v) is 7.03. The van der Waals surface area contributed by atoms with E-state index in [1.54, 1.807) is 0 Å². The van der Waals surface area contributed by atoms with Gasteiger partial charge in [0.15, 0.2) is 5.96 Å². The summed E-state index contributed by atoms with van der Waals surface area (Å²) in [4.78, 5) is 4.65. The van der Waals surface area contributed by atoms with E-state index in [1.807, 2.05) is 0 Å². The van der Waals surface area contributed by atoms with Crippen molar-refractivity contribution in [2.45, 2.75) is 51.2 Å². The Kier molecular flexibility index (Phi) is 3.49. The van der Waals surface area contributed by atoms with E-state index in [4.69, 9.17) is 0 Å². The van der Waals surface area contributed by atoms with Crippen LogP contribution < -0.4 is 10.6 Å². The predicted octanol–water partition coefficient (Wildman–Crippen LogP) is 2.57. The summed E-state index contributed by atoms with van der Waals surface area (Å²) in [6.45, 7) is 1.67. The third-order valence-corrected chi connectivity index (χ3v) is 3.92. The van der Waals surface area contributed by atoms with Gasteiger partial charge in [-0.3, -0.25) is 0 Å². The van der Waals surface area contributed by atoms with Gasteiger partial charge in [0.05, 0.1) is 6.54 Å². The van der Waals surface area contributed by atoms with Crippen molar-refractivity contribution in [3.63, 3.8) is 0 Å². The maximum atomic E-state index is 4.65. The number of nitrogens with one attached hydrogen (secondary N) is 2. The highest BCUT2D eigenvalue weighted by Crippen LogP contribution is 2.18. The first-order valence-electron chi connectivity index (χ1n) is 7.03. The molecule has 0 unspecified atom stereocenters. The van der Waals surface area contributed by atoms with E-state index >= 15 is 0 Å². The molecule has 2 aliphatic rings. The predicted molar refractivity (Wildman–Crippen MR) is 74.4 cm³/mol. The lowest BCUT2D eigenvalue weighted by Crippen LogP contribution is -2.43. The molecule has 3 nitrogen and oxygen atoms in total. The van der Waals surface area contributed by atoms with Crippen molar-refractivity contribution in [2.75, 3.05) is 0 Å². The maximum absolute atomic E-state index is 4.65. The number of nitrogens with zero attached hydrogens (tertiary/aromatic N) is 1. The average Bonchev–Trinajstić information content (AvgIpc) is 2.63. The highest BCUT2D eigenvalue weighted by molar-refractivity contribution is 5.80. The Morgan fingerprint density at radius 2 is 1.83 bits per heavy atom. The number of fused-ring (bicyclic) bond motifs is 1. The molecule has 1 aliphatic carbocycles. The van der Waals surface area contributed by atoms with Crippen LogP contribution in [0.25, 0.3) is 0 Å². The van der Waals surface area contributed by atoms with E-state index in [-0.39, 0.29) is 0 Å². The minimum Gasteiger partial charge on any atom is -0.354 e. The lowest BCUT2D eigenvalue weighted by atomic mass is 9.96. The molecule has 2 N–H and O–H groups in total. The van der Waals surface area contributed by atoms with E-state index in [2.05, 4.69) is 39.9 Å². The normalized spacial score (nSPS) is 20.3. The molecule has 3 heteroatoms. The van der Waals surface area contributed by atoms with Gasteiger partial charge < -0.3 is 10.6 Å². The van der Waals surface area contributed by atoms with Crippen molar-refractivity contribution in [3.8, 4) is 0 Å². The van der Waals surface area contributed by atoms with Crippen LogP contribution in [0, 0.1) is 0 Å². The zero-order valence-electron chi connectivity index (χ0n) is 10.8. The standard InChI is InChI=1S/C15H21N3/c1-2-8-14(9-3-1)18-15-16-10-12-6-4-5-7-13(12)11-17-15/h4-7,14H,1-3,8-11H2,(H2,16,17,18). The van der Waals surface area contributed by atoms with E-state index in [1.165, 1.54) is 43.2 Å². The summed E-state index contributed by atoms with van der Waals surface area (Å²) < 4.78 is 0. The molecule has 0 amide bonds. The molecule has 0 saturated heterocycles. The summed E-state index contributed by atoms with van der Waals surface area (Å²) >= 11 is 0. The van der Waals surface area contributed by atoms with E-state index < -0.39 is 0 Å². The molecule has 0 atom stereocenters. The van der Waals surface area contributed by atoms with Gasteiger partial charge in [-0.25, -0.2) is 4.99 Å². The van der Waals surface area contributed by atoms with Gasteiger partial charge in [-0.15, -0.1) is 0 Å². The number of aliphatic imine (C=N–C) groups is 1. The highest BCUT2D eigenvalue weighted by Gasteiger charge is 2.16. The zero-order valence-corrected chi connectivity index (χ0v) is 10.8. The summed E-state index contributed by atoms with van der Waals surface area (Å²) in [6, 6.07) is 9.16. The molecular formula is C15H21N3. The van der Waals surface area contributed by atoms with Crippen molar-refractivity contribution in [1.82, 2.24) is 10.6 Å². The third kappa shape index (κ3) is 2.66. The Bertz CT molecular complexity index is 433.